The van der Waals surface area contributed by atoms with Crippen molar-refractivity contribution < 1.29 is 4.79 Å². The van der Waals surface area contributed by atoms with Crippen molar-refractivity contribution in [3.05, 3.63) is 27.1 Å². The topological polar surface area (TPSA) is 63.1 Å². The van der Waals surface area contributed by atoms with E-state index in [1.165, 1.54) is 4.57 Å². The van der Waals surface area contributed by atoms with E-state index in [4.69, 9.17) is 0 Å². The summed E-state index contributed by atoms with van der Waals surface area (Å²) in [5.74, 6) is -0.207. The van der Waals surface area contributed by atoms with Crippen LogP contribution in [0.4, 0.5) is 5.69 Å². The van der Waals surface area contributed by atoms with Crippen LogP contribution in [-0.2, 0) is 11.8 Å². The number of halogens is 2. The number of hydrogen-bond acceptors (Lipinski definition) is 3. The average Bonchev–Trinajstić information content (AvgIpc) is 2.26. The van der Waals surface area contributed by atoms with Gasteiger partial charge >= 0.3 is 0 Å². The second-order valence-corrected chi connectivity index (χ2v) is 4.80. The summed E-state index contributed by atoms with van der Waals surface area (Å²) in [4.78, 5) is 23.2. The van der Waals surface area contributed by atoms with Gasteiger partial charge in [0.05, 0.1) is 10.2 Å². The normalized spacial score (nSPS) is 11.6. The Morgan fingerprint density at radius 2 is 2.17 bits per heavy atom. The molecule has 0 spiro atoms. The molecule has 5 nitrogen and oxygen atoms in total. The van der Waals surface area contributed by atoms with E-state index in [0.717, 1.165) is 0 Å². The molecule has 0 aliphatic rings. The number of pyridine rings is 1. The second-order valence-electron chi connectivity index (χ2n) is 3.94. The molecular formula is C11H17BrClN3O2. The number of hydrogen-bond donors (Lipinski definition) is 2. The van der Waals surface area contributed by atoms with Crippen LogP contribution in [0.3, 0.4) is 0 Å². The molecule has 0 aliphatic carbocycles. The fourth-order valence-corrected chi connectivity index (χ4v) is 1.93. The second kappa shape index (κ2) is 7.56. The van der Waals surface area contributed by atoms with E-state index in [2.05, 4.69) is 26.6 Å². The van der Waals surface area contributed by atoms with Gasteiger partial charge in [0.25, 0.3) is 5.56 Å². The predicted octanol–water partition coefficient (Wildman–Crippen LogP) is 1.36. The monoisotopic (exact) mass is 337 g/mol. The van der Waals surface area contributed by atoms with Gasteiger partial charge < -0.3 is 15.2 Å². The molecule has 0 fully saturated rings. The number of aromatic nitrogens is 1. The summed E-state index contributed by atoms with van der Waals surface area (Å²) >= 11 is 3.16. The van der Waals surface area contributed by atoms with Crippen LogP contribution in [0, 0.1) is 5.92 Å². The molecule has 18 heavy (non-hydrogen) atoms. The number of rotatable bonds is 4. The first-order valence-corrected chi connectivity index (χ1v) is 6.06. The van der Waals surface area contributed by atoms with Gasteiger partial charge in [0, 0.05) is 25.7 Å². The minimum Gasteiger partial charge on any atom is -0.324 e. The minimum atomic E-state index is -0.133. The summed E-state index contributed by atoms with van der Waals surface area (Å²) in [5, 5.41) is 5.71. The Balaban J connectivity index is 0.00000289. The van der Waals surface area contributed by atoms with Crippen molar-refractivity contribution in [1.82, 2.24) is 9.88 Å². The van der Waals surface area contributed by atoms with Gasteiger partial charge in [-0.1, -0.05) is 6.92 Å². The van der Waals surface area contributed by atoms with E-state index in [-0.39, 0.29) is 29.8 Å². The van der Waals surface area contributed by atoms with Crippen molar-refractivity contribution in [2.24, 2.45) is 13.0 Å². The molecule has 102 valence electrons. The van der Waals surface area contributed by atoms with Crippen molar-refractivity contribution >= 4 is 39.9 Å². The molecule has 2 N–H and O–H groups in total. The van der Waals surface area contributed by atoms with Crippen LogP contribution in [0.5, 0.6) is 0 Å². The van der Waals surface area contributed by atoms with Gasteiger partial charge in [0.15, 0.2) is 0 Å². The van der Waals surface area contributed by atoms with Crippen LogP contribution in [0.15, 0.2) is 21.5 Å². The molecule has 0 aliphatic heterocycles. The first-order chi connectivity index (χ1) is 7.95. The van der Waals surface area contributed by atoms with Gasteiger partial charge in [0.2, 0.25) is 5.91 Å². The van der Waals surface area contributed by atoms with E-state index in [9.17, 15) is 9.59 Å². The highest BCUT2D eigenvalue weighted by molar-refractivity contribution is 9.10. The van der Waals surface area contributed by atoms with Crippen molar-refractivity contribution in [2.45, 2.75) is 6.92 Å². The zero-order valence-corrected chi connectivity index (χ0v) is 12.9. The summed E-state index contributed by atoms with van der Waals surface area (Å²) < 4.78 is 1.85. The molecule has 1 heterocycles. The van der Waals surface area contributed by atoms with Crippen molar-refractivity contribution in [3.8, 4) is 0 Å². The van der Waals surface area contributed by atoms with Crippen molar-refractivity contribution in [1.29, 1.82) is 0 Å². The molecule has 0 saturated heterocycles. The number of aryl methyl sites for hydroxylation is 1. The number of carbonyl (C=O) groups excluding carboxylic acids is 1. The highest BCUT2D eigenvalue weighted by Crippen LogP contribution is 2.12. The third kappa shape index (κ3) is 4.44. The minimum absolute atomic E-state index is 0. The first kappa shape index (κ1) is 17.2. The van der Waals surface area contributed by atoms with Gasteiger partial charge in [-0.15, -0.1) is 12.4 Å². The maximum absolute atomic E-state index is 11.8. The van der Waals surface area contributed by atoms with E-state index in [1.54, 1.807) is 26.4 Å². The van der Waals surface area contributed by atoms with Gasteiger partial charge in [-0.05, 0) is 29.0 Å². The fourth-order valence-electron chi connectivity index (χ4n) is 1.40. The maximum Gasteiger partial charge on any atom is 0.264 e. The quantitative estimate of drug-likeness (QED) is 0.871. The fraction of sp³-hybridized carbons (Fsp3) is 0.455. The van der Waals surface area contributed by atoms with Crippen molar-refractivity contribution in [3.63, 3.8) is 0 Å². The molecule has 0 saturated carbocycles. The van der Waals surface area contributed by atoms with Gasteiger partial charge in [-0.25, -0.2) is 0 Å². The molecule has 7 heteroatoms. The predicted molar refractivity (Wildman–Crippen MR) is 78.4 cm³/mol. The molecule has 1 aromatic rings. The Bertz CT molecular complexity index is 450. The summed E-state index contributed by atoms with van der Waals surface area (Å²) in [6.07, 6.45) is 1.59. The molecule has 0 radical (unpaired) electrons. The number of nitrogens with one attached hydrogen (secondary N) is 2. The van der Waals surface area contributed by atoms with E-state index in [1.807, 2.05) is 6.92 Å². The molecule has 1 amide bonds. The molecule has 0 aromatic carbocycles. The highest BCUT2D eigenvalue weighted by atomic mass is 79.9. The summed E-state index contributed by atoms with van der Waals surface area (Å²) in [5.41, 5.74) is 0.471. The zero-order chi connectivity index (χ0) is 13.0. The Hall–Kier alpha value is -0.850. The van der Waals surface area contributed by atoms with Crippen molar-refractivity contribution in [2.75, 3.05) is 18.9 Å². The Kier molecular flexibility index (Phi) is 7.20. The summed E-state index contributed by atoms with van der Waals surface area (Å²) in [7, 11) is 3.44. The Morgan fingerprint density at radius 1 is 1.56 bits per heavy atom. The molecule has 1 unspecified atom stereocenters. The number of anilines is 1. The molecule has 0 bridgehead atoms. The number of carbonyl (C=O) groups is 1. The summed E-state index contributed by atoms with van der Waals surface area (Å²) in [6, 6.07) is 1.60. The summed E-state index contributed by atoms with van der Waals surface area (Å²) in [6.45, 7) is 2.45. The highest BCUT2D eigenvalue weighted by Gasteiger charge is 2.12. The maximum atomic E-state index is 11.8. The van der Waals surface area contributed by atoms with E-state index in [0.29, 0.717) is 16.7 Å². The third-order valence-electron chi connectivity index (χ3n) is 2.37. The lowest BCUT2D eigenvalue weighted by Crippen LogP contribution is -2.29. The standard InChI is InChI=1S/C11H16BrN3O2.ClH/c1-7(5-13-2)10(16)14-8-4-9(12)11(17)15(3)6-8;/h4,6-7,13H,5H2,1-3H3,(H,14,16);1H. The van der Waals surface area contributed by atoms with E-state index >= 15 is 0 Å². The first-order valence-electron chi connectivity index (χ1n) is 5.27. The van der Waals surface area contributed by atoms with E-state index < -0.39 is 0 Å². The molecule has 1 aromatic heterocycles. The SMILES string of the molecule is CNCC(C)C(=O)Nc1cc(Br)c(=O)n(C)c1.Cl. The molecule has 1 rings (SSSR count). The van der Waals surface area contributed by atoms with Crippen LogP contribution >= 0.6 is 28.3 Å². The van der Waals surface area contributed by atoms with Crippen LogP contribution < -0.4 is 16.2 Å². The number of amides is 1. The number of nitrogens with zero attached hydrogens (tertiary/aromatic N) is 1. The van der Waals surface area contributed by atoms with Crippen LogP contribution in [0.2, 0.25) is 0 Å². The van der Waals surface area contributed by atoms with Crippen LogP contribution in [0.1, 0.15) is 6.92 Å². The zero-order valence-electron chi connectivity index (χ0n) is 10.5. The Labute approximate surface area is 120 Å². The van der Waals surface area contributed by atoms with Gasteiger partial charge in [-0.2, -0.15) is 0 Å². The van der Waals surface area contributed by atoms with Gasteiger partial charge in [-0.3, -0.25) is 9.59 Å². The lowest BCUT2D eigenvalue weighted by Gasteiger charge is -2.12. The Morgan fingerprint density at radius 3 is 2.67 bits per heavy atom. The lowest BCUT2D eigenvalue weighted by molar-refractivity contribution is -0.119. The van der Waals surface area contributed by atoms with Crippen LogP contribution in [-0.4, -0.2) is 24.1 Å². The lowest BCUT2D eigenvalue weighted by atomic mass is 10.1. The average molecular weight is 339 g/mol. The molecular weight excluding hydrogens is 321 g/mol. The van der Waals surface area contributed by atoms with Gasteiger partial charge in [0.1, 0.15) is 0 Å². The third-order valence-corrected chi connectivity index (χ3v) is 2.93. The van der Waals surface area contributed by atoms with Crippen LogP contribution in [0.25, 0.3) is 0 Å². The molecule has 1 atom stereocenters. The largest absolute Gasteiger partial charge is 0.324 e. The smallest absolute Gasteiger partial charge is 0.264 e.